The van der Waals surface area contributed by atoms with E-state index in [9.17, 15) is 5.11 Å². The Kier molecular flexibility index (Phi) is 5.26. The summed E-state index contributed by atoms with van der Waals surface area (Å²) < 4.78 is 10.3. The van der Waals surface area contributed by atoms with Crippen LogP contribution in [0.5, 0.6) is 5.75 Å². The molecule has 0 N–H and O–H groups in total. The molecule has 0 amide bonds. The summed E-state index contributed by atoms with van der Waals surface area (Å²) in [6.45, 7) is 0.178. The first-order chi connectivity index (χ1) is 9.60. The Morgan fingerprint density at radius 3 is 2.35 bits per heavy atom. The van der Waals surface area contributed by atoms with Crippen LogP contribution in [-0.2, 0) is 16.5 Å². The zero-order chi connectivity index (χ0) is 14.5. The monoisotopic (exact) mass is 311 g/mol. The molecule has 0 saturated heterocycles. The highest BCUT2D eigenvalue weighted by Crippen LogP contribution is 2.24. The van der Waals surface area contributed by atoms with Crippen LogP contribution in [0.25, 0.3) is 0 Å². The van der Waals surface area contributed by atoms with Gasteiger partial charge in [0.2, 0.25) is 6.29 Å². The van der Waals surface area contributed by atoms with E-state index in [4.69, 9.17) is 32.7 Å². The van der Waals surface area contributed by atoms with Crippen molar-refractivity contribution in [3.63, 3.8) is 0 Å². The van der Waals surface area contributed by atoms with Gasteiger partial charge in [-0.3, -0.25) is 0 Å². The number of methoxy groups -OCH3 is 1. The van der Waals surface area contributed by atoms with Crippen LogP contribution in [-0.4, -0.2) is 7.11 Å². The minimum absolute atomic E-state index is 0.178. The summed E-state index contributed by atoms with van der Waals surface area (Å²) in [5.74, 6) is 0.699. The van der Waals surface area contributed by atoms with Gasteiger partial charge >= 0.3 is 0 Å². The van der Waals surface area contributed by atoms with Crippen molar-refractivity contribution in [3.8, 4) is 5.75 Å². The molecule has 2 aromatic rings. The van der Waals surface area contributed by atoms with Crippen LogP contribution in [0.15, 0.2) is 42.5 Å². The zero-order valence-corrected chi connectivity index (χ0v) is 12.3. The average molecular weight is 312 g/mol. The molecular weight excluding hydrogens is 299 g/mol. The molecule has 0 saturated carbocycles. The quantitative estimate of drug-likeness (QED) is 0.754. The van der Waals surface area contributed by atoms with Crippen molar-refractivity contribution >= 4 is 23.2 Å². The standard InChI is InChI=1S/C15H13Cl2O3/c1-19-12-5-3-11(4-6-12)15(18)20-9-10-2-7-13(16)14(17)8-10/h2-8,15H,9H2,1H3. The van der Waals surface area contributed by atoms with Gasteiger partial charge in [-0.05, 0) is 29.8 Å². The summed E-state index contributed by atoms with van der Waals surface area (Å²) in [6, 6.07) is 12.0. The van der Waals surface area contributed by atoms with Crippen LogP contribution < -0.4 is 4.74 Å². The maximum atomic E-state index is 11.9. The Hall–Kier alpha value is -1.26. The van der Waals surface area contributed by atoms with Gasteiger partial charge in [-0.15, -0.1) is 0 Å². The molecule has 0 aliphatic carbocycles. The van der Waals surface area contributed by atoms with E-state index < -0.39 is 6.29 Å². The van der Waals surface area contributed by atoms with Gasteiger partial charge in [-0.1, -0.05) is 41.4 Å². The van der Waals surface area contributed by atoms with Gasteiger partial charge in [0.1, 0.15) is 5.75 Å². The topological polar surface area (TPSA) is 38.4 Å². The molecular formula is C15H13Cl2O3. The van der Waals surface area contributed by atoms with Gasteiger partial charge in [-0.25, -0.2) is 0 Å². The van der Waals surface area contributed by atoms with E-state index in [-0.39, 0.29) is 6.61 Å². The smallest absolute Gasteiger partial charge is 0.217 e. The fourth-order valence-corrected chi connectivity index (χ4v) is 1.98. The SMILES string of the molecule is COc1ccc(C([O])OCc2ccc(Cl)c(Cl)c2)cc1. The van der Waals surface area contributed by atoms with Crippen molar-refractivity contribution in [1.82, 2.24) is 0 Å². The summed E-state index contributed by atoms with van der Waals surface area (Å²) in [4.78, 5) is 0. The van der Waals surface area contributed by atoms with Crippen LogP contribution in [0.2, 0.25) is 10.0 Å². The van der Waals surface area contributed by atoms with Crippen LogP contribution in [0.1, 0.15) is 17.4 Å². The Bertz CT molecular complexity index is 570. The molecule has 2 rings (SSSR count). The van der Waals surface area contributed by atoms with Crippen molar-refractivity contribution in [2.45, 2.75) is 12.9 Å². The maximum Gasteiger partial charge on any atom is 0.217 e. The molecule has 2 aromatic carbocycles. The number of rotatable bonds is 5. The lowest BCUT2D eigenvalue weighted by molar-refractivity contribution is -0.152. The molecule has 5 heteroatoms. The van der Waals surface area contributed by atoms with E-state index in [1.54, 1.807) is 49.6 Å². The molecule has 0 spiro atoms. The number of hydrogen-bond acceptors (Lipinski definition) is 2. The second-order valence-electron chi connectivity index (χ2n) is 4.16. The summed E-state index contributed by atoms with van der Waals surface area (Å²) in [7, 11) is 1.57. The third kappa shape index (κ3) is 3.87. The van der Waals surface area contributed by atoms with Gasteiger partial charge < -0.3 is 9.47 Å². The number of ether oxygens (including phenoxy) is 2. The van der Waals surface area contributed by atoms with Gasteiger partial charge in [0, 0.05) is 5.56 Å². The van der Waals surface area contributed by atoms with Crippen LogP contribution in [0.3, 0.4) is 0 Å². The summed E-state index contributed by atoms with van der Waals surface area (Å²) >= 11 is 11.7. The maximum absolute atomic E-state index is 11.9. The van der Waals surface area contributed by atoms with Gasteiger partial charge in [-0.2, -0.15) is 5.11 Å². The van der Waals surface area contributed by atoms with E-state index in [1.807, 2.05) is 0 Å². The molecule has 20 heavy (non-hydrogen) atoms. The van der Waals surface area contributed by atoms with E-state index >= 15 is 0 Å². The van der Waals surface area contributed by atoms with Crippen molar-refractivity contribution < 1.29 is 14.6 Å². The highest BCUT2D eigenvalue weighted by molar-refractivity contribution is 6.42. The van der Waals surface area contributed by atoms with E-state index in [2.05, 4.69) is 0 Å². The Labute approximate surface area is 127 Å². The molecule has 1 atom stereocenters. The molecule has 0 aliphatic heterocycles. The normalized spacial score (nSPS) is 12.2. The molecule has 0 aliphatic rings. The molecule has 0 fully saturated rings. The highest BCUT2D eigenvalue weighted by Gasteiger charge is 2.10. The van der Waals surface area contributed by atoms with E-state index in [0.717, 1.165) is 5.56 Å². The first kappa shape index (κ1) is 15.1. The molecule has 0 aromatic heterocycles. The lowest BCUT2D eigenvalue weighted by Crippen LogP contribution is -2.02. The largest absolute Gasteiger partial charge is 0.497 e. The summed E-state index contributed by atoms with van der Waals surface area (Å²) in [5.41, 5.74) is 1.35. The number of halogens is 2. The van der Waals surface area contributed by atoms with Crippen molar-refractivity contribution in [3.05, 3.63) is 63.6 Å². The van der Waals surface area contributed by atoms with E-state index in [0.29, 0.717) is 21.4 Å². The Morgan fingerprint density at radius 2 is 1.75 bits per heavy atom. The van der Waals surface area contributed by atoms with Gasteiger partial charge in [0.25, 0.3) is 0 Å². The van der Waals surface area contributed by atoms with Crippen molar-refractivity contribution in [1.29, 1.82) is 0 Å². The average Bonchev–Trinajstić information content (AvgIpc) is 2.48. The minimum Gasteiger partial charge on any atom is -0.497 e. The fourth-order valence-electron chi connectivity index (χ4n) is 1.66. The van der Waals surface area contributed by atoms with Crippen molar-refractivity contribution in [2.75, 3.05) is 7.11 Å². The molecule has 0 heterocycles. The highest BCUT2D eigenvalue weighted by atomic mass is 35.5. The first-order valence-corrected chi connectivity index (χ1v) is 6.71. The third-order valence-corrected chi connectivity index (χ3v) is 3.51. The van der Waals surface area contributed by atoms with Gasteiger partial charge in [0.05, 0.1) is 23.8 Å². The molecule has 1 unspecified atom stereocenters. The van der Waals surface area contributed by atoms with Crippen molar-refractivity contribution in [2.24, 2.45) is 0 Å². The van der Waals surface area contributed by atoms with Crippen LogP contribution in [0, 0.1) is 0 Å². The minimum atomic E-state index is -1.25. The second kappa shape index (κ2) is 6.95. The van der Waals surface area contributed by atoms with Crippen LogP contribution in [0.4, 0.5) is 0 Å². The molecule has 105 valence electrons. The predicted molar refractivity (Wildman–Crippen MR) is 77.7 cm³/mol. The molecule has 3 nitrogen and oxygen atoms in total. The molecule has 1 radical (unpaired) electrons. The first-order valence-electron chi connectivity index (χ1n) is 5.95. The third-order valence-electron chi connectivity index (χ3n) is 2.77. The lowest BCUT2D eigenvalue weighted by atomic mass is 10.2. The summed E-state index contributed by atoms with van der Waals surface area (Å²) in [5, 5.41) is 12.9. The Morgan fingerprint density at radius 1 is 1.05 bits per heavy atom. The second-order valence-corrected chi connectivity index (χ2v) is 4.98. The number of hydrogen-bond donors (Lipinski definition) is 0. The van der Waals surface area contributed by atoms with Gasteiger partial charge in [0.15, 0.2) is 0 Å². The lowest BCUT2D eigenvalue weighted by Gasteiger charge is -2.11. The summed E-state index contributed by atoms with van der Waals surface area (Å²) in [6.07, 6.45) is -1.25. The van der Waals surface area contributed by atoms with Crippen LogP contribution >= 0.6 is 23.2 Å². The fraction of sp³-hybridized carbons (Fsp3) is 0.200. The number of benzene rings is 2. The molecule has 0 bridgehead atoms. The predicted octanol–water partition coefficient (Wildman–Crippen LogP) is 4.65. The Balaban J connectivity index is 1.96. The zero-order valence-electron chi connectivity index (χ0n) is 10.8. The van der Waals surface area contributed by atoms with E-state index in [1.165, 1.54) is 0 Å².